The van der Waals surface area contributed by atoms with Crippen molar-refractivity contribution in [3.8, 4) is 0 Å². The molecule has 1 fully saturated rings. The second-order valence-corrected chi connectivity index (χ2v) is 6.50. The molecule has 0 N–H and O–H groups in total. The maximum atomic E-state index is 12.1. The van der Waals surface area contributed by atoms with Crippen molar-refractivity contribution < 1.29 is 9.53 Å². The van der Waals surface area contributed by atoms with Gasteiger partial charge in [0.15, 0.2) is 5.78 Å². The van der Waals surface area contributed by atoms with Crippen molar-refractivity contribution in [3.05, 3.63) is 22.4 Å². The number of thiophene rings is 1. The van der Waals surface area contributed by atoms with Gasteiger partial charge >= 0.3 is 0 Å². The fourth-order valence-corrected chi connectivity index (χ4v) is 2.77. The summed E-state index contributed by atoms with van der Waals surface area (Å²) in [7, 11) is 1.60. The number of carbonyl (C=O) groups is 1. The van der Waals surface area contributed by atoms with Crippen LogP contribution in [0.15, 0.2) is 16.8 Å². The molecule has 2 rings (SSSR count). The maximum Gasteiger partial charge on any atom is 0.165 e. The summed E-state index contributed by atoms with van der Waals surface area (Å²) in [4.78, 5) is 14.5. The minimum absolute atomic E-state index is 0.186. The minimum Gasteiger partial charge on any atom is -0.371 e. The van der Waals surface area contributed by atoms with E-state index in [1.165, 1.54) is 18.4 Å². The van der Waals surface area contributed by atoms with Gasteiger partial charge in [-0.1, -0.05) is 0 Å². The number of carbonyl (C=O) groups excluding carboxylic acids is 1. The van der Waals surface area contributed by atoms with Crippen molar-refractivity contribution in [2.75, 3.05) is 13.7 Å². The van der Waals surface area contributed by atoms with E-state index in [0.29, 0.717) is 12.5 Å². The molecule has 1 aromatic rings. The Morgan fingerprint density at radius 3 is 2.79 bits per heavy atom. The lowest BCUT2D eigenvalue weighted by atomic mass is 10.0. The highest BCUT2D eigenvalue weighted by Crippen LogP contribution is 2.29. The Labute approximate surface area is 119 Å². The zero-order chi connectivity index (χ0) is 13.9. The Bertz CT molecular complexity index is 410. The van der Waals surface area contributed by atoms with E-state index in [4.69, 9.17) is 4.74 Å². The molecule has 0 saturated heterocycles. The molecule has 4 heteroatoms. The lowest BCUT2D eigenvalue weighted by Crippen LogP contribution is -2.37. The molecule has 1 aliphatic carbocycles. The number of ether oxygens (including phenoxy) is 1. The van der Waals surface area contributed by atoms with Crippen LogP contribution in [0.5, 0.6) is 0 Å². The second-order valence-electron chi connectivity index (χ2n) is 5.72. The van der Waals surface area contributed by atoms with Crippen molar-refractivity contribution in [2.45, 2.75) is 51.3 Å². The predicted molar refractivity (Wildman–Crippen MR) is 78.5 cm³/mol. The SMILES string of the molecule is COC(C)(C)C(=O)CCN(Cc1ccsc1)C1CC1. The standard InChI is InChI=1S/C15H23NO2S/c1-15(2,18-3)14(17)6-8-16(13-4-5-13)10-12-7-9-19-11-12/h7,9,11,13H,4-6,8,10H2,1-3H3. The van der Waals surface area contributed by atoms with Crippen LogP contribution in [0.4, 0.5) is 0 Å². The Kier molecular flexibility index (Phi) is 4.76. The first-order valence-electron chi connectivity index (χ1n) is 6.86. The molecule has 0 unspecified atom stereocenters. The van der Waals surface area contributed by atoms with Gasteiger partial charge in [0, 0.05) is 32.7 Å². The third-order valence-corrected chi connectivity index (χ3v) is 4.57. The molecule has 0 aromatic carbocycles. The Hall–Kier alpha value is -0.710. The summed E-state index contributed by atoms with van der Waals surface area (Å²) in [6.07, 6.45) is 3.11. The molecular formula is C15H23NO2S. The minimum atomic E-state index is -0.655. The molecule has 0 bridgehead atoms. The quantitative estimate of drug-likeness (QED) is 0.733. The number of hydrogen-bond donors (Lipinski definition) is 0. The highest BCUT2D eigenvalue weighted by molar-refractivity contribution is 7.07. The number of Topliss-reactive ketones (excluding diaryl/α,β-unsaturated/α-hetero) is 1. The van der Waals surface area contributed by atoms with Crippen LogP contribution >= 0.6 is 11.3 Å². The summed E-state index contributed by atoms with van der Waals surface area (Å²) in [5.41, 5.74) is 0.702. The molecule has 1 heterocycles. The molecule has 3 nitrogen and oxygen atoms in total. The van der Waals surface area contributed by atoms with Crippen LogP contribution < -0.4 is 0 Å². The summed E-state index contributed by atoms with van der Waals surface area (Å²) in [6, 6.07) is 2.85. The van der Waals surface area contributed by atoms with Gasteiger partial charge in [0.05, 0.1) is 0 Å². The Morgan fingerprint density at radius 1 is 1.53 bits per heavy atom. The number of nitrogens with zero attached hydrogens (tertiary/aromatic N) is 1. The molecule has 0 atom stereocenters. The van der Waals surface area contributed by atoms with E-state index in [-0.39, 0.29) is 5.78 Å². The van der Waals surface area contributed by atoms with Gasteiger partial charge in [0.1, 0.15) is 5.60 Å². The smallest absolute Gasteiger partial charge is 0.165 e. The van der Waals surface area contributed by atoms with Crippen molar-refractivity contribution in [1.82, 2.24) is 4.90 Å². The third kappa shape index (κ3) is 4.13. The van der Waals surface area contributed by atoms with Gasteiger partial charge in [0.25, 0.3) is 0 Å². The van der Waals surface area contributed by atoms with Gasteiger partial charge in [-0.3, -0.25) is 9.69 Å². The predicted octanol–water partition coefficient (Wildman–Crippen LogP) is 3.10. The topological polar surface area (TPSA) is 29.5 Å². The fourth-order valence-electron chi connectivity index (χ4n) is 2.11. The van der Waals surface area contributed by atoms with E-state index in [2.05, 4.69) is 21.7 Å². The van der Waals surface area contributed by atoms with Crippen molar-refractivity contribution in [3.63, 3.8) is 0 Å². The molecule has 1 saturated carbocycles. The van der Waals surface area contributed by atoms with Gasteiger partial charge in [0.2, 0.25) is 0 Å². The van der Waals surface area contributed by atoms with E-state index >= 15 is 0 Å². The lowest BCUT2D eigenvalue weighted by Gasteiger charge is -2.25. The zero-order valence-corrected chi connectivity index (χ0v) is 12.8. The number of methoxy groups -OCH3 is 1. The van der Waals surface area contributed by atoms with E-state index in [1.807, 2.05) is 13.8 Å². The fraction of sp³-hybridized carbons (Fsp3) is 0.667. The zero-order valence-electron chi connectivity index (χ0n) is 12.0. The first-order chi connectivity index (χ1) is 9.03. The number of rotatable bonds is 8. The number of hydrogen-bond acceptors (Lipinski definition) is 4. The molecule has 19 heavy (non-hydrogen) atoms. The first-order valence-corrected chi connectivity index (χ1v) is 7.81. The van der Waals surface area contributed by atoms with Crippen molar-refractivity contribution in [2.24, 2.45) is 0 Å². The second kappa shape index (κ2) is 6.16. The molecular weight excluding hydrogens is 258 g/mol. The van der Waals surface area contributed by atoms with Crippen LogP contribution in [-0.2, 0) is 16.1 Å². The first kappa shape index (κ1) is 14.7. The van der Waals surface area contributed by atoms with Gasteiger partial charge in [-0.2, -0.15) is 11.3 Å². The van der Waals surface area contributed by atoms with Crippen LogP contribution in [0.3, 0.4) is 0 Å². The van der Waals surface area contributed by atoms with E-state index in [9.17, 15) is 4.79 Å². The monoisotopic (exact) mass is 281 g/mol. The van der Waals surface area contributed by atoms with E-state index in [1.54, 1.807) is 18.4 Å². The van der Waals surface area contributed by atoms with Gasteiger partial charge in [-0.05, 0) is 49.1 Å². The Balaban J connectivity index is 1.86. The summed E-state index contributed by atoms with van der Waals surface area (Å²) in [6.45, 7) is 5.49. The maximum absolute atomic E-state index is 12.1. The molecule has 0 aliphatic heterocycles. The van der Waals surface area contributed by atoms with Gasteiger partial charge < -0.3 is 4.74 Å². The summed E-state index contributed by atoms with van der Waals surface area (Å²) in [5, 5.41) is 4.30. The van der Waals surface area contributed by atoms with E-state index < -0.39 is 5.60 Å². The normalized spacial score (nSPS) is 16.0. The molecule has 106 valence electrons. The summed E-state index contributed by atoms with van der Waals surface area (Å²) in [5.74, 6) is 0.186. The molecule has 0 radical (unpaired) electrons. The average Bonchev–Trinajstić information content (AvgIpc) is 3.12. The largest absolute Gasteiger partial charge is 0.371 e. The van der Waals surface area contributed by atoms with Crippen LogP contribution in [0.2, 0.25) is 0 Å². The van der Waals surface area contributed by atoms with Gasteiger partial charge in [-0.15, -0.1) is 0 Å². The van der Waals surface area contributed by atoms with Crippen LogP contribution in [0, 0.1) is 0 Å². The molecule has 0 spiro atoms. The highest BCUT2D eigenvalue weighted by atomic mass is 32.1. The Morgan fingerprint density at radius 2 is 2.26 bits per heavy atom. The molecule has 0 amide bonds. The summed E-state index contributed by atoms with van der Waals surface area (Å²) >= 11 is 1.73. The lowest BCUT2D eigenvalue weighted by molar-refractivity contribution is -0.137. The third-order valence-electron chi connectivity index (χ3n) is 3.84. The van der Waals surface area contributed by atoms with Crippen LogP contribution in [-0.4, -0.2) is 36.0 Å². The van der Waals surface area contributed by atoms with Crippen molar-refractivity contribution in [1.29, 1.82) is 0 Å². The molecule has 1 aromatic heterocycles. The average molecular weight is 281 g/mol. The van der Waals surface area contributed by atoms with Crippen molar-refractivity contribution >= 4 is 17.1 Å². The van der Waals surface area contributed by atoms with Gasteiger partial charge in [-0.25, -0.2) is 0 Å². The van der Waals surface area contributed by atoms with Crippen LogP contribution in [0.25, 0.3) is 0 Å². The summed E-state index contributed by atoms with van der Waals surface area (Å²) < 4.78 is 5.25. The van der Waals surface area contributed by atoms with E-state index in [0.717, 1.165) is 13.1 Å². The molecule has 1 aliphatic rings. The highest BCUT2D eigenvalue weighted by Gasteiger charge is 2.31. The number of ketones is 1. The van der Waals surface area contributed by atoms with Crippen LogP contribution in [0.1, 0.15) is 38.7 Å².